The third-order valence-corrected chi connectivity index (χ3v) is 21.3. The van der Waals surface area contributed by atoms with E-state index < -0.39 is 114 Å². The Morgan fingerprint density at radius 2 is 1.10 bits per heavy atom. The molecule has 90 heavy (non-hydrogen) atoms. The van der Waals surface area contributed by atoms with Crippen LogP contribution in [-0.2, 0) is 26.5 Å². The van der Waals surface area contributed by atoms with Crippen LogP contribution < -0.4 is 30.1 Å². The van der Waals surface area contributed by atoms with Crippen molar-refractivity contribution in [1.82, 2.24) is 14.1 Å². The fourth-order valence-corrected chi connectivity index (χ4v) is 16.9. The van der Waals surface area contributed by atoms with Crippen LogP contribution in [0.1, 0.15) is 46.9 Å². The molecule has 0 saturated heterocycles. The molecule has 17 rings (SSSR count). The number of fused-ring (bicyclic) bond motifs is 13. The Bertz CT molecular complexity index is 6190. The van der Waals surface area contributed by atoms with Gasteiger partial charge in [-0.3, -0.25) is 4.57 Å². The summed E-state index contributed by atoms with van der Waals surface area (Å²) in [6.45, 7) is 6.52. The molecule has 0 aliphatic carbocycles. The van der Waals surface area contributed by atoms with E-state index in [0.29, 0.717) is 72.9 Å². The quantitative estimate of drug-likeness (QED) is 0.0626. The normalized spacial score (nSPS) is 14.4. The molecule has 0 fully saturated rings. The molecule has 0 atom stereocenters. The predicted molar refractivity (Wildman–Crippen MR) is 365 cm³/mol. The molecule has 5 heterocycles. The van der Waals surface area contributed by atoms with Crippen LogP contribution in [-0.4, -0.2) is 22.2 Å². The number of para-hydroxylation sites is 4. The number of hydrogen-bond donors (Lipinski definition) is 0. The second-order valence-electron chi connectivity index (χ2n) is 23.1. The Kier molecular flexibility index (Phi) is 9.87. The SMILES string of the molecule is [2H]c1c([2H])c([2H])c([Si](c2ccc3c(c2)-c2cccc(-c4ccc5oc6ccccc6c5c4)c2-[n+]2[c-]n(-c4[c-]c(Oc5[c-]c6c(cc5)c5ccccc5n6-c5cc(C(C)(C)C)ccn5)ccc4)c4cccc(c42)-c2ccccc2-3)(c2c([2H])c([2H])c([2H])c([2H])c2[2H])c2c([2H])c([2H])c([2H])c([2H])c2[2H])c([2H])c1[2H].[Pt]. The van der Waals surface area contributed by atoms with E-state index in [0.717, 1.165) is 60.6 Å². The van der Waals surface area contributed by atoms with Crippen LogP contribution >= 0.6 is 0 Å². The molecule has 12 aromatic carbocycles. The topological polar surface area (TPSA) is 49.0 Å². The number of rotatable bonds is 9. The maximum atomic E-state index is 9.95. The van der Waals surface area contributed by atoms with Crippen LogP contribution in [0, 0.1) is 18.5 Å². The molecule has 0 radical (unpaired) electrons. The number of imidazole rings is 1. The Morgan fingerprint density at radius 1 is 0.489 bits per heavy atom. The van der Waals surface area contributed by atoms with Crippen molar-refractivity contribution in [3.05, 3.63) is 309 Å². The van der Waals surface area contributed by atoms with Gasteiger partial charge in [0.25, 0.3) is 6.33 Å². The molecular formula is C82H56N4O2PtSi-2. The molecule has 1 aliphatic rings. The monoisotopic (exact) mass is 1370 g/mol. The van der Waals surface area contributed by atoms with Crippen LogP contribution in [0.5, 0.6) is 11.5 Å². The molecule has 1 aliphatic heterocycles. The van der Waals surface area contributed by atoms with E-state index in [1.165, 1.54) is 0 Å². The fraction of sp³-hybridized carbons (Fsp3) is 0.0488. The van der Waals surface area contributed by atoms with Gasteiger partial charge in [-0.2, -0.15) is 18.2 Å². The maximum absolute atomic E-state index is 9.95. The summed E-state index contributed by atoms with van der Waals surface area (Å²) in [5.74, 6) is 1.53. The fourth-order valence-electron chi connectivity index (χ4n) is 13.1. The first-order valence-corrected chi connectivity index (χ1v) is 31.1. The third-order valence-electron chi connectivity index (χ3n) is 17.1. The minimum Gasteiger partial charge on any atom is -0.510 e. The van der Waals surface area contributed by atoms with Crippen LogP contribution in [0.2, 0.25) is 0 Å². The number of hydrogen-bond acceptors (Lipinski definition) is 3. The van der Waals surface area contributed by atoms with Gasteiger partial charge in [0.1, 0.15) is 17.0 Å². The molecule has 0 spiro atoms. The molecule has 0 N–H and O–H groups in total. The van der Waals surface area contributed by atoms with Gasteiger partial charge in [0.15, 0.2) is 8.07 Å². The molecule has 432 valence electrons. The molecule has 4 aromatic heterocycles. The number of pyridine rings is 1. The zero-order chi connectivity index (χ0) is 72.4. The Balaban J connectivity index is 0.00000847. The first kappa shape index (κ1) is 40.9. The van der Waals surface area contributed by atoms with Crippen molar-refractivity contribution < 1.29 is 55.3 Å². The summed E-state index contributed by atoms with van der Waals surface area (Å²) in [7, 11) is -5.65. The summed E-state index contributed by atoms with van der Waals surface area (Å²) in [6, 6.07) is 54.4. The first-order chi connectivity index (χ1) is 50.0. The predicted octanol–water partition coefficient (Wildman–Crippen LogP) is 17.1. The average Bonchev–Trinajstić information content (AvgIpc) is 1.39. The molecule has 8 heteroatoms. The second kappa shape index (κ2) is 21.7. The third kappa shape index (κ3) is 8.78. The van der Waals surface area contributed by atoms with Crippen LogP contribution in [0.15, 0.2) is 289 Å². The number of benzene rings is 12. The maximum Gasteiger partial charge on any atom is 0.268 e. The van der Waals surface area contributed by atoms with Crippen molar-refractivity contribution in [3.63, 3.8) is 0 Å². The molecular weight excluding hydrogens is 1300 g/mol. The average molecular weight is 1370 g/mol. The van der Waals surface area contributed by atoms with Crippen molar-refractivity contribution in [1.29, 1.82) is 0 Å². The standard InChI is InChI=1S/C82H56N4O2Si.Pt/c1-82(2,3)55-46-47-83-79(49-55)86-74-37-17-15-32-67(74)68-43-41-58(51-76(68)86)87-57-23-19-22-56(50-57)84-53-85-80-63(54-40-45-78-73(48-54)69-33-16-18-39-77(69)88-78)34-20-35-71(80)72-52-62(42-44-66(72)64-30-13-14-31-65(64)70-36-21-38-75(84)81(70)85)89(59-24-7-4-8-25-59,60-26-9-5-10-27-60)61-28-11-6-12-29-61;/h4-49,52H,1-3H3;/q-2;/i4D,5D,6D,7D,8D,9D,10D,11D,12D,24D,25D,26D,27D,28D,29D;. The van der Waals surface area contributed by atoms with Crippen molar-refractivity contribution in [2.75, 3.05) is 0 Å². The number of aromatic nitrogens is 4. The van der Waals surface area contributed by atoms with Gasteiger partial charge in [0.05, 0.1) is 37.3 Å². The molecule has 0 amide bonds. The van der Waals surface area contributed by atoms with Gasteiger partial charge < -0.3 is 18.3 Å². The van der Waals surface area contributed by atoms with E-state index in [9.17, 15) is 16.4 Å². The second-order valence-corrected chi connectivity index (χ2v) is 26.7. The van der Waals surface area contributed by atoms with Gasteiger partial charge in [-0.1, -0.05) is 238 Å². The van der Waals surface area contributed by atoms with Gasteiger partial charge in [-0.25, -0.2) is 4.98 Å². The van der Waals surface area contributed by atoms with Crippen molar-refractivity contribution >= 4 is 83.6 Å². The van der Waals surface area contributed by atoms with E-state index in [4.69, 9.17) is 18.3 Å². The van der Waals surface area contributed by atoms with E-state index in [2.05, 4.69) is 68.1 Å². The van der Waals surface area contributed by atoms with E-state index >= 15 is 0 Å². The minimum absolute atomic E-state index is 0. The van der Waals surface area contributed by atoms with Crippen molar-refractivity contribution in [3.8, 4) is 73.2 Å². The number of ether oxygens (including phenoxy) is 1. The Labute approximate surface area is 558 Å². The van der Waals surface area contributed by atoms with Gasteiger partial charge in [0.2, 0.25) is 0 Å². The van der Waals surface area contributed by atoms with Gasteiger partial charge in [-0.05, 0) is 124 Å². The van der Waals surface area contributed by atoms with Crippen molar-refractivity contribution in [2.24, 2.45) is 0 Å². The summed E-state index contributed by atoms with van der Waals surface area (Å²) in [4.78, 5) is 4.88. The molecule has 6 nitrogen and oxygen atoms in total. The minimum atomic E-state index is -5.65. The van der Waals surface area contributed by atoms with Crippen LogP contribution in [0.3, 0.4) is 0 Å². The van der Waals surface area contributed by atoms with E-state index in [1.54, 1.807) is 18.2 Å². The van der Waals surface area contributed by atoms with Gasteiger partial charge in [0, 0.05) is 55.1 Å². The summed E-state index contributed by atoms with van der Waals surface area (Å²) in [6.07, 6.45) is 5.65. The summed E-state index contributed by atoms with van der Waals surface area (Å²) < 4.78 is 161. The summed E-state index contributed by atoms with van der Waals surface area (Å²) in [5, 5.41) is 1.85. The van der Waals surface area contributed by atoms with Crippen LogP contribution in [0.4, 0.5) is 0 Å². The number of nitrogens with zero attached hydrogens (tertiary/aromatic N) is 4. The molecule has 16 aromatic rings. The first-order valence-electron chi connectivity index (χ1n) is 36.6. The molecule has 0 unspecified atom stereocenters. The summed E-state index contributed by atoms with van der Waals surface area (Å²) >= 11 is 0. The Morgan fingerprint density at radius 3 is 1.86 bits per heavy atom. The summed E-state index contributed by atoms with van der Waals surface area (Å²) in [5.41, 5.74) is 11.5. The largest absolute Gasteiger partial charge is 0.510 e. The molecule has 0 bridgehead atoms. The zero-order valence-electron chi connectivity index (χ0n) is 63.4. The Hall–Kier alpha value is -10.4. The van der Waals surface area contributed by atoms with Crippen LogP contribution in [0.25, 0.3) is 116 Å². The van der Waals surface area contributed by atoms with Gasteiger partial charge in [-0.15, -0.1) is 29.7 Å². The van der Waals surface area contributed by atoms with Gasteiger partial charge >= 0.3 is 0 Å². The number of furan rings is 1. The smallest absolute Gasteiger partial charge is 0.268 e. The zero-order valence-corrected chi connectivity index (χ0v) is 51.7. The van der Waals surface area contributed by atoms with E-state index in [-0.39, 0.29) is 31.7 Å². The molecule has 0 saturated carbocycles. The van der Waals surface area contributed by atoms with Crippen molar-refractivity contribution in [2.45, 2.75) is 26.2 Å². The van der Waals surface area contributed by atoms with E-state index in [1.807, 2.05) is 161 Å².